The Kier molecular flexibility index (Phi) is 2.51. The summed E-state index contributed by atoms with van der Waals surface area (Å²) in [5, 5.41) is 0. The van der Waals surface area contributed by atoms with E-state index in [1.165, 1.54) is 0 Å². The number of hydrogen-bond donors (Lipinski definition) is 1. The number of carbonyl (C=O) groups is 1. The molecule has 2 rings (SSSR count). The van der Waals surface area contributed by atoms with E-state index in [4.69, 9.17) is 5.73 Å². The van der Waals surface area contributed by atoms with Crippen LogP contribution < -0.4 is 5.73 Å². The number of amides is 1. The van der Waals surface area contributed by atoms with Crippen LogP contribution >= 0.6 is 0 Å². The normalized spacial score (nSPS) is 33.5. The maximum absolute atomic E-state index is 12.0. The van der Waals surface area contributed by atoms with Crippen molar-refractivity contribution in [3.63, 3.8) is 0 Å². The minimum absolute atomic E-state index is 0.165. The highest BCUT2D eigenvalue weighted by atomic mass is 16.2. The molecule has 0 aromatic heterocycles. The number of likely N-dealkylation sites (tertiary alicyclic amines) is 1. The lowest BCUT2D eigenvalue weighted by Crippen LogP contribution is -2.45. The average Bonchev–Trinajstić information content (AvgIpc) is 2.77. The van der Waals surface area contributed by atoms with Gasteiger partial charge < -0.3 is 15.5 Å². The summed E-state index contributed by atoms with van der Waals surface area (Å²) < 4.78 is 0. The molecular formula is C11H21N3O. The zero-order valence-corrected chi connectivity index (χ0v) is 9.86. The molecule has 2 aliphatic rings. The zero-order valence-electron chi connectivity index (χ0n) is 9.86. The first-order chi connectivity index (χ1) is 6.94. The highest BCUT2D eigenvalue weighted by molar-refractivity contribution is 5.89. The van der Waals surface area contributed by atoms with Crippen LogP contribution in [0, 0.1) is 5.92 Å². The summed E-state index contributed by atoms with van der Waals surface area (Å²) in [5.41, 5.74) is 5.43. The molecule has 1 amide bonds. The van der Waals surface area contributed by atoms with E-state index in [0.717, 1.165) is 25.9 Å². The Morgan fingerprint density at radius 1 is 1.40 bits per heavy atom. The van der Waals surface area contributed by atoms with Crippen LogP contribution in [0.3, 0.4) is 0 Å². The first-order valence-corrected chi connectivity index (χ1v) is 5.69. The van der Waals surface area contributed by atoms with E-state index >= 15 is 0 Å². The molecule has 0 aromatic carbocycles. The third-order valence-electron chi connectivity index (χ3n) is 3.74. The van der Waals surface area contributed by atoms with Crippen molar-refractivity contribution < 1.29 is 4.79 Å². The molecule has 2 unspecified atom stereocenters. The molecule has 86 valence electrons. The van der Waals surface area contributed by atoms with Gasteiger partial charge in [0.1, 0.15) is 0 Å². The second-order valence-corrected chi connectivity index (χ2v) is 5.37. The van der Waals surface area contributed by atoms with Crippen molar-refractivity contribution in [3.05, 3.63) is 0 Å². The quantitative estimate of drug-likeness (QED) is 0.693. The predicted molar refractivity (Wildman–Crippen MR) is 59.4 cm³/mol. The highest BCUT2D eigenvalue weighted by Gasteiger charge is 2.50. The van der Waals surface area contributed by atoms with Crippen LogP contribution in [-0.2, 0) is 4.79 Å². The maximum atomic E-state index is 12.0. The number of nitrogens with zero attached hydrogens (tertiary/aromatic N) is 2. The van der Waals surface area contributed by atoms with Crippen LogP contribution in [0.4, 0.5) is 0 Å². The summed E-state index contributed by atoms with van der Waals surface area (Å²) in [6, 6.07) is 0.483. The second kappa shape index (κ2) is 3.46. The molecule has 1 aliphatic heterocycles. The Labute approximate surface area is 91.4 Å². The largest absolute Gasteiger partial charge is 0.339 e. The Morgan fingerprint density at radius 2 is 2.00 bits per heavy atom. The fourth-order valence-electron chi connectivity index (χ4n) is 2.45. The van der Waals surface area contributed by atoms with Crippen molar-refractivity contribution in [2.75, 3.05) is 27.2 Å². The van der Waals surface area contributed by atoms with Crippen molar-refractivity contribution in [1.82, 2.24) is 9.80 Å². The van der Waals surface area contributed by atoms with Crippen LogP contribution in [0.5, 0.6) is 0 Å². The van der Waals surface area contributed by atoms with E-state index < -0.39 is 5.54 Å². The molecule has 1 saturated carbocycles. The summed E-state index contributed by atoms with van der Waals surface area (Å²) in [6.45, 7) is 3.90. The van der Waals surface area contributed by atoms with Crippen LogP contribution in [0.15, 0.2) is 0 Å². The van der Waals surface area contributed by atoms with E-state index in [0.29, 0.717) is 12.0 Å². The standard InChI is InChI=1S/C11H21N3O/c1-8-6-14(7-9(8)13(2)3)10(15)11(12)4-5-11/h8-9H,4-7,12H2,1-3H3. The minimum Gasteiger partial charge on any atom is -0.339 e. The lowest BCUT2D eigenvalue weighted by atomic mass is 10.1. The van der Waals surface area contributed by atoms with Gasteiger partial charge in [0.05, 0.1) is 5.54 Å². The molecule has 4 heteroatoms. The number of rotatable bonds is 2. The molecule has 1 aliphatic carbocycles. The van der Waals surface area contributed by atoms with E-state index in [1.807, 2.05) is 4.90 Å². The number of likely N-dealkylation sites (N-methyl/N-ethyl adjacent to an activating group) is 1. The van der Waals surface area contributed by atoms with Crippen LogP contribution in [0.1, 0.15) is 19.8 Å². The minimum atomic E-state index is -0.499. The topological polar surface area (TPSA) is 49.6 Å². The van der Waals surface area contributed by atoms with Gasteiger partial charge in [0.25, 0.3) is 0 Å². The molecule has 1 heterocycles. The molecule has 1 saturated heterocycles. The molecule has 0 aromatic rings. The van der Waals surface area contributed by atoms with Crippen molar-refractivity contribution in [1.29, 1.82) is 0 Å². The number of hydrogen-bond acceptors (Lipinski definition) is 3. The van der Waals surface area contributed by atoms with Crippen molar-refractivity contribution in [2.45, 2.75) is 31.3 Å². The van der Waals surface area contributed by atoms with Crippen LogP contribution in [-0.4, -0.2) is 54.5 Å². The molecule has 2 fully saturated rings. The van der Waals surface area contributed by atoms with Gasteiger partial charge in [0.2, 0.25) is 5.91 Å². The predicted octanol–water partition coefficient (Wildman–Crippen LogP) is -0.114. The Hall–Kier alpha value is -0.610. The third-order valence-corrected chi connectivity index (χ3v) is 3.74. The Morgan fingerprint density at radius 3 is 2.40 bits per heavy atom. The van der Waals surface area contributed by atoms with Crippen molar-refractivity contribution in [3.8, 4) is 0 Å². The fourth-order valence-corrected chi connectivity index (χ4v) is 2.45. The van der Waals surface area contributed by atoms with Crippen molar-refractivity contribution >= 4 is 5.91 Å². The lowest BCUT2D eigenvalue weighted by molar-refractivity contribution is -0.132. The third kappa shape index (κ3) is 1.88. The number of carbonyl (C=O) groups excluding carboxylic acids is 1. The van der Waals surface area contributed by atoms with Gasteiger partial charge in [-0.1, -0.05) is 6.92 Å². The van der Waals surface area contributed by atoms with Gasteiger partial charge >= 0.3 is 0 Å². The fraction of sp³-hybridized carbons (Fsp3) is 0.909. The van der Waals surface area contributed by atoms with Crippen LogP contribution in [0.2, 0.25) is 0 Å². The van der Waals surface area contributed by atoms with Gasteiger partial charge in [-0.2, -0.15) is 0 Å². The average molecular weight is 211 g/mol. The SMILES string of the molecule is CC1CN(C(=O)C2(N)CC2)CC1N(C)C. The molecule has 15 heavy (non-hydrogen) atoms. The summed E-state index contributed by atoms with van der Waals surface area (Å²) in [7, 11) is 4.15. The van der Waals surface area contributed by atoms with Gasteiger partial charge in [-0.25, -0.2) is 0 Å². The van der Waals surface area contributed by atoms with Gasteiger partial charge in [0.15, 0.2) is 0 Å². The molecule has 0 spiro atoms. The molecule has 2 atom stereocenters. The van der Waals surface area contributed by atoms with E-state index in [9.17, 15) is 4.79 Å². The highest BCUT2D eigenvalue weighted by Crippen LogP contribution is 2.35. The van der Waals surface area contributed by atoms with Gasteiger partial charge in [-0.15, -0.1) is 0 Å². The molecule has 0 bridgehead atoms. The lowest BCUT2D eigenvalue weighted by Gasteiger charge is -2.23. The molecule has 2 N–H and O–H groups in total. The monoisotopic (exact) mass is 211 g/mol. The molecule has 4 nitrogen and oxygen atoms in total. The van der Waals surface area contributed by atoms with Crippen LogP contribution in [0.25, 0.3) is 0 Å². The summed E-state index contributed by atoms with van der Waals surface area (Å²) in [4.78, 5) is 16.2. The van der Waals surface area contributed by atoms with E-state index in [-0.39, 0.29) is 5.91 Å². The van der Waals surface area contributed by atoms with Crippen molar-refractivity contribution in [2.24, 2.45) is 11.7 Å². The second-order valence-electron chi connectivity index (χ2n) is 5.37. The van der Waals surface area contributed by atoms with Gasteiger partial charge in [-0.05, 0) is 32.9 Å². The first kappa shape index (κ1) is 10.9. The Balaban J connectivity index is 1.99. The van der Waals surface area contributed by atoms with E-state index in [1.54, 1.807) is 0 Å². The van der Waals surface area contributed by atoms with E-state index in [2.05, 4.69) is 25.9 Å². The van der Waals surface area contributed by atoms with Gasteiger partial charge in [0, 0.05) is 19.1 Å². The number of nitrogens with two attached hydrogens (primary N) is 1. The zero-order chi connectivity index (χ0) is 11.2. The van der Waals surface area contributed by atoms with Gasteiger partial charge in [-0.3, -0.25) is 4.79 Å². The molecule has 0 radical (unpaired) electrons. The first-order valence-electron chi connectivity index (χ1n) is 5.69. The molecular weight excluding hydrogens is 190 g/mol. The smallest absolute Gasteiger partial charge is 0.242 e. The maximum Gasteiger partial charge on any atom is 0.242 e. The summed E-state index contributed by atoms with van der Waals surface area (Å²) in [5.74, 6) is 0.713. The summed E-state index contributed by atoms with van der Waals surface area (Å²) in [6.07, 6.45) is 1.73. The summed E-state index contributed by atoms with van der Waals surface area (Å²) >= 11 is 0. The Bertz CT molecular complexity index is 273.